The van der Waals surface area contributed by atoms with Crippen LogP contribution in [0.15, 0.2) is 24.4 Å². The van der Waals surface area contributed by atoms with Gasteiger partial charge in [0, 0.05) is 19.3 Å². The topological polar surface area (TPSA) is 53.4 Å². The molecule has 4 nitrogen and oxygen atoms in total. The van der Waals surface area contributed by atoms with E-state index < -0.39 is 5.60 Å². The minimum atomic E-state index is -0.761. The lowest BCUT2D eigenvalue weighted by Crippen LogP contribution is -2.48. The molecule has 0 saturated carbocycles. The Hall–Kier alpha value is -1.42. The molecule has 0 aliphatic carbocycles. The number of aliphatic hydroxyl groups is 1. The second-order valence-corrected chi connectivity index (χ2v) is 4.54. The average Bonchev–Trinajstić information content (AvgIpc) is 2.28. The Labute approximate surface area is 94.9 Å². The number of likely N-dealkylation sites (tertiary alicyclic amines) is 1. The Morgan fingerprint density at radius 2 is 2.38 bits per heavy atom. The number of carbonyl (C=O) groups is 1. The van der Waals surface area contributed by atoms with Crippen LogP contribution in [-0.2, 0) is 0 Å². The molecule has 0 bridgehead atoms. The highest BCUT2D eigenvalue weighted by Crippen LogP contribution is 2.21. The average molecular weight is 220 g/mol. The van der Waals surface area contributed by atoms with Gasteiger partial charge < -0.3 is 10.0 Å². The summed E-state index contributed by atoms with van der Waals surface area (Å²) in [6.45, 7) is 2.86. The maximum absolute atomic E-state index is 12.0. The molecule has 0 spiro atoms. The van der Waals surface area contributed by atoms with Crippen LogP contribution in [-0.4, -0.2) is 39.6 Å². The van der Waals surface area contributed by atoms with Gasteiger partial charge in [-0.3, -0.25) is 9.78 Å². The molecular formula is C12H16N2O2. The molecular weight excluding hydrogens is 204 g/mol. The lowest BCUT2D eigenvalue weighted by atomic mass is 9.95. The van der Waals surface area contributed by atoms with E-state index in [9.17, 15) is 9.90 Å². The smallest absolute Gasteiger partial charge is 0.272 e. The van der Waals surface area contributed by atoms with Crippen molar-refractivity contribution in [2.45, 2.75) is 25.4 Å². The Bertz CT molecular complexity index is 376. The zero-order valence-electron chi connectivity index (χ0n) is 9.39. The van der Waals surface area contributed by atoms with Crippen LogP contribution in [0.3, 0.4) is 0 Å². The van der Waals surface area contributed by atoms with Crippen LogP contribution in [0.4, 0.5) is 0 Å². The van der Waals surface area contributed by atoms with Crippen LogP contribution in [0.5, 0.6) is 0 Å². The quantitative estimate of drug-likeness (QED) is 0.770. The molecule has 1 N–H and O–H groups in total. The van der Waals surface area contributed by atoms with Gasteiger partial charge in [0.2, 0.25) is 0 Å². The van der Waals surface area contributed by atoms with Crippen LogP contribution in [0, 0.1) is 0 Å². The summed E-state index contributed by atoms with van der Waals surface area (Å²) < 4.78 is 0. The number of hydrogen-bond acceptors (Lipinski definition) is 3. The highest BCUT2D eigenvalue weighted by atomic mass is 16.3. The number of piperidine rings is 1. The number of amides is 1. The molecule has 2 heterocycles. The normalized spacial score (nSPS) is 25.5. The lowest BCUT2D eigenvalue weighted by Gasteiger charge is -2.36. The van der Waals surface area contributed by atoms with Crippen molar-refractivity contribution in [3.05, 3.63) is 30.1 Å². The standard InChI is InChI=1S/C12H16N2O2/c1-12(16)6-4-8-14(9-12)11(15)10-5-2-3-7-13-10/h2-3,5,7,16H,4,6,8-9H2,1H3. The fraction of sp³-hybridized carbons (Fsp3) is 0.500. The highest BCUT2D eigenvalue weighted by Gasteiger charge is 2.31. The van der Waals surface area contributed by atoms with E-state index in [4.69, 9.17) is 0 Å². The first-order chi connectivity index (χ1) is 7.58. The summed E-state index contributed by atoms with van der Waals surface area (Å²) in [7, 11) is 0. The monoisotopic (exact) mass is 220 g/mol. The zero-order chi connectivity index (χ0) is 11.6. The summed E-state index contributed by atoms with van der Waals surface area (Å²) in [6, 6.07) is 5.27. The maximum Gasteiger partial charge on any atom is 0.272 e. The molecule has 4 heteroatoms. The van der Waals surface area contributed by atoms with E-state index in [1.165, 1.54) is 0 Å². The third-order valence-corrected chi connectivity index (χ3v) is 2.85. The lowest BCUT2D eigenvalue weighted by molar-refractivity contribution is -0.0109. The molecule has 16 heavy (non-hydrogen) atoms. The van der Waals surface area contributed by atoms with Crippen molar-refractivity contribution in [1.82, 2.24) is 9.88 Å². The molecule has 0 radical (unpaired) electrons. The zero-order valence-corrected chi connectivity index (χ0v) is 9.39. The van der Waals surface area contributed by atoms with Gasteiger partial charge in [-0.25, -0.2) is 0 Å². The van der Waals surface area contributed by atoms with E-state index in [2.05, 4.69) is 4.98 Å². The molecule has 1 aromatic heterocycles. The number of β-amino-alcohol motifs (C(OH)–C–C–N with tert-alkyl or cyclic N) is 1. The molecule has 1 aliphatic heterocycles. The van der Waals surface area contributed by atoms with Crippen molar-refractivity contribution in [1.29, 1.82) is 0 Å². The van der Waals surface area contributed by atoms with Gasteiger partial charge in [0.1, 0.15) is 5.69 Å². The molecule has 1 amide bonds. The number of pyridine rings is 1. The summed E-state index contributed by atoms with van der Waals surface area (Å²) >= 11 is 0. The van der Waals surface area contributed by atoms with Crippen molar-refractivity contribution < 1.29 is 9.90 Å². The predicted octanol–water partition coefficient (Wildman–Crippen LogP) is 1.07. The van der Waals surface area contributed by atoms with Crippen molar-refractivity contribution in [2.24, 2.45) is 0 Å². The van der Waals surface area contributed by atoms with Crippen molar-refractivity contribution in [3.8, 4) is 0 Å². The van der Waals surface area contributed by atoms with Gasteiger partial charge in [-0.1, -0.05) is 6.07 Å². The molecule has 1 saturated heterocycles. The van der Waals surface area contributed by atoms with Gasteiger partial charge in [0.25, 0.3) is 5.91 Å². The second kappa shape index (κ2) is 4.22. The maximum atomic E-state index is 12.0. The van der Waals surface area contributed by atoms with E-state index in [0.29, 0.717) is 18.8 Å². The van der Waals surface area contributed by atoms with Crippen LogP contribution in [0.1, 0.15) is 30.3 Å². The largest absolute Gasteiger partial charge is 0.388 e. The Morgan fingerprint density at radius 3 is 3.00 bits per heavy atom. The van der Waals surface area contributed by atoms with Crippen LogP contribution >= 0.6 is 0 Å². The number of hydrogen-bond donors (Lipinski definition) is 1. The van der Waals surface area contributed by atoms with Gasteiger partial charge in [-0.15, -0.1) is 0 Å². The molecule has 86 valence electrons. The number of rotatable bonds is 1. The van der Waals surface area contributed by atoms with Crippen LogP contribution < -0.4 is 0 Å². The molecule has 1 fully saturated rings. The number of carbonyl (C=O) groups excluding carboxylic acids is 1. The summed E-state index contributed by atoms with van der Waals surface area (Å²) in [5.74, 6) is -0.0967. The second-order valence-electron chi connectivity index (χ2n) is 4.54. The molecule has 1 aromatic rings. The van der Waals surface area contributed by atoms with Gasteiger partial charge in [-0.05, 0) is 31.9 Å². The summed E-state index contributed by atoms with van der Waals surface area (Å²) in [5, 5.41) is 9.93. The first-order valence-corrected chi connectivity index (χ1v) is 5.51. The van der Waals surface area contributed by atoms with Crippen molar-refractivity contribution in [3.63, 3.8) is 0 Å². The Morgan fingerprint density at radius 1 is 1.56 bits per heavy atom. The van der Waals surface area contributed by atoms with Gasteiger partial charge in [-0.2, -0.15) is 0 Å². The van der Waals surface area contributed by atoms with Crippen LogP contribution in [0.2, 0.25) is 0 Å². The summed E-state index contributed by atoms with van der Waals surface area (Å²) in [5.41, 5.74) is -0.317. The Kier molecular flexibility index (Phi) is 2.92. The SMILES string of the molecule is CC1(O)CCCN(C(=O)c2ccccn2)C1. The molecule has 2 rings (SSSR count). The molecule has 0 aromatic carbocycles. The third-order valence-electron chi connectivity index (χ3n) is 2.85. The number of nitrogens with zero attached hydrogens (tertiary/aromatic N) is 2. The van der Waals surface area contributed by atoms with E-state index in [-0.39, 0.29) is 5.91 Å². The van der Waals surface area contributed by atoms with E-state index in [1.54, 1.807) is 36.2 Å². The van der Waals surface area contributed by atoms with Crippen molar-refractivity contribution in [2.75, 3.05) is 13.1 Å². The van der Waals surface area contributed by atoms with Gasteiger partial charge in [0.05, 0.1) is 5.60 Å². The predicted molar refractivity (Wildman–Crippen MR) is 60.0 cm³/mol. The first kappa shape index (κ1) is 11.1. The van der Waals surface area contributed by atoms with Crippen molar-refractivity contribution >= 4 is 5.91 Å². The number of aromatic nitrogens is 1. The molecule has 1 unspecified atom stereocenters. The minimum absolute atomic E-state index is 0.0967. The minimum Gasteiger partial charge on any atom is -0.388 e. The fourth-order valence-electron chi connectivity index (χ4n) is 2.04. The van der Waals surface area contributed by atoms with Gasteiger partial charge in [0.15, 0.2) is 0 Å². The van der Waals surface area contributed by atoms with Gasteiger partial charge >= 0.3 is 0 Å². The molecule has 1 aliphatic rings. The fourth-order valence-corrected chi connectivity index (χ4v) is 2.04. The van der Waals surface area contributed by atoms with Crippen LogP contribution in [0.25, 0.3) is 0 Å². The molecule has 1 atom stereocenters. The van der Waals surface area contributed by atoms with E-state index in [1.807, 2.05) is 0 Å². The van der Waals surface area contributed by atoms with E-state index in [0.717, 1.165) is 12.8 Å². The van der Waals surface area contributed by atoms with E-state index >= 15 is 0 Å². The Balaban J connectivity index is 2.11. The summed E-state index contributed by atoms with van der Waals surface area (Å²) in [4.78, 5) is 17.7. The first-order valence-electron chi connectivity index (χ1n) is 5.51. The highest BCUT2D eigenvalue weighted by molar-refractivity contribution is 5.92. The third kappa shape index (κ3) is 2.39. The summed E-state index contributed by atoms with van der Waals surface area (Å²) in [6.07, 6.45) is 3.19.